The lowest BCUT2D eigenvalue weighted by Crippen LogP contribution is -2.54. The summed E-state index contributed by atoms with van der Waals surface area (Å²) in [7, 11) is -2.46. The van der Waals surface area contributed by atoms with E-state index in [1.807, 2.05) is 0 Å². The van der Waals surface area contributed by atoms with Gasteiger partial charge in [0.2, 0.25) is 0 Å². The van der Waals surface area contributed by atoms with Crippen molar-refractivity contribution in [3.8, 4) is 5.75 Å². The Hall–Kier alpha value is -5.89. The van der Waals surface area contributed by atoms with Crippen molar-refractivity contribution in [1.29, 1.82) is 0 Å². The van der Waals surface area contributed by atoms with Crippen molar-refractivity contribution in [2.45, 2.75) is 89.3 Å². The second-order valence-electron chi connectivity index (χ2n) is 17.3. The highest BCUT2D eigenvalue weighted by Crippen LogP contribution is 2.43. The maximum absolute atomic E-state index is 17.9. The first-order valence-corrected chi connectivity index (χ1v) is 23.1. The number of rotatable bonds is 15. The third-order valence-corrected chi connectivity index (χ3v) is 14.8. The minimum atomic E-state index is -4.32. The second kappa shape index (κ2) is 19.2. The lowest BCUT2D eigenvalue weighted by Gasteiger charge is -2.38. The van der Waals surface area contributed by atoms with Gasteiger partial charge in [-0.25, -0.2) is 4.79 Å². The molecule has 0 aromatic heterocycles. The number of ether oxygens (including phenoxy) is 1. The highest BCUT2D eigenvalue weighted by molar-refractivity contribution is 6.74. The highest BCUT2D eigenvalue weighted by atomic mass is 28.4. The number of carbonyl (C=O) groups is 3. The number of aliphatic hydroxyl groups is 1. The minimum Gasteiger partial charge on any atom is -0.542 e. The Morgan fingerprint density at radius 1 is 0.672 bits per heavy atom. The molecule has 0 fully saturated rings. The van der Waals surface area contributed by atoms with Crippen LogP contribution >= 0.6 is 0 Å². The van der Waals surface area contributed by atoms with Crippen molar-refractivity contribution in [3.05, 3.63) is 156 Å². The van der Waals surface area contributed by atoms with E-state index in [1.54, 1.807) is 130 Å². The van der Waals surface area contributed by atoms with Crippen LogP contribution in [0.25, 0.3) is 0 Å². The molecule has 5 rings (SSSR count). The Kier molecular flexibility index (Phi) is 14.5. The number of halogens is 2. The Morgan fingerprint density at radius 2 is 1.16 bits per heavy atom. The summed E-state index contributed by atoms with van der Waals surface area (Å²) < 4.78 is 47.9. The molecule has 0 heterocycles. The molecular weight excluding hydrogens is 795 g/mol. The molecule has 322 valence electrons. The van der Waals surface area contributed by atoms with Crippen molar-refractivity contribution < 1.29 is 37.4 Å². The van der Waals surface area contributed by atoms with Gasteiger partial charge in [0, 0.05) is 0 Å². The normalized spacial score (nSPS) is 13.6. The number of aliphatic hydroxyl groups excluding tert-OH is 1. The number of hydrogen-bond donors (Lipinski definition) is 4. The maximum Gasteiger partial charge on any atom is 0.412 e. The zero-order valence-electron chi connectivity index (χ0n) is 35.9. The smallest absolute Gasteiger partial charge is 0.412 e. The van der Waals surface area contributed by atoms with Crippen LogP contribution in [0.5, 0.6) is 5.75 Å². The maximum atomic E-state index is 17.9. The highest BCUT2D eigenvalue weighted by Gasteiger charge is 2.54. The van der Waals surface area contributed by atoms with Gasteiger partial charge < -0.3 is 19.6 Å². The average molecular weight is 851 g/mol. The van der Waals surface area contributed by atoms with E-state index in [2.05, 4.69) is 49.8 Å². The SMILES string of the molecule is CC(C)(C)OC(=O)Nc1ccccc1N(C(=O)C(F)(F)[C@@H](N[C@@H](CO)c1ccccc1)c1ccccc1)C(C(=O)Nc1ccccc1O[Si](C)(C)C(C)(C)C)c1ccccc1. The molecule has 3 amide bonds. The molecule has 0 aliphatic carbocycles. The molecule has 0 aliphatic rings. The fraction of sp³-hybridized carbons (Fsp3) is 0.312. The molecule has 5 aromatic rings. The average Bonchev–Trinajstić information content (AvgIpc) is 3.20. The van der Waals surface area contributed by atoms with Gasteiger partial charge in [0.05, 0.1) is 29.7 Å². The van der Waals surface area contributed by atoms with Gasteiger partial charge in [0.25, 0.3) is 14.2 Å². The zero-order chi connectivity index (χ0) is 44.6. The Morgan fingerprint density at radius 3 is 1.70 bits per heavy atom. The molecule has 0 aliphatic heterocycles. The van der Waals surface area contributed by atoms with E-state index >= 15 is 18.4 Å². The molecule has 4 N–H and O–H groups in total. The van der Waals surface area contributed by atoms with Gasteiger partial charge >= 0.3 is 17.9 Å². The number of amides is 3. The van der Waals surface area contributed by atoms with Crippen LogP contribution in [0.15, 0.2) is 140 Å². The molecule has 0 saturated heterocycles. The van der Waals surface area contributed by atoms with E-state index in [-0.39, 0.29) is 33.2 Å². The van der Waals surface area contributed by atoms with Crippen LogP contribution in [0.4, 0.5) is 30.6 Å². The number of carbonyl (C=O) groups excluding carboxylic acids is 3. The quantitative estimate of drug-likeness (QED) is 0.0772. The number of benzene rings is 5. The van der Waals surface area contributed by atoms with Crippen LogP contribution < -0.4 is 25.3 Å². The number of nitrogens with one attached hydrogen (secondary N) is 3. The molecule has 0 radical (unpaired) electrons. The minimum absolute atomic E-state index is 0.0489. The molecular formula is C48H56F2N4O6Si. The van der Waals surface area contributed by atoms with Crippen LogP contribution in [0.3, 0.4) is 0 Å². The second-order valence-corrected chi connectivity index (χ2v) is 22.0. The number of nitrogens with zero attached hydrogens (tertiary/aromatic N) is 1. The summed E-state index contributed by atoms with van der Waals surface area (Å²) in [5.41, 5.74) is -0.175. The first-order valence-electron chi connectivity index (χ1n) is 20.1. The van der Waals surface area contributed by atoms with Crippen LogP contribution in [0.2, 0.25) is 18.1 Å². The van der Waals surface area contributed by atoms with Crippen LogP contribution in [0.1, 0.15) is 76.4 Å². The first kappa shape index (κ1) is 46.2. The Bertz CT molecular complexity index is 2250. The fourth-order valence-electron chi connectivity index (χ4n) is 6.39. The van der Waals surface area contributed by atoms with Gasteiger partial charge in [0.1, 0.15) is 23.4 Å². The fourth-order valence-corrected chi connectivity index (χ4v) is 7.42. The number of para-hydroxylation sites is 4. The van der Waals surface area contributed by atoms with E-state index in [9.17, 15) is 9.90 Å². The zero-order valence-corrected chi connectivity index (χ0v) is 36.9. The van der Waals surface area contributed by atoms with Gasteiger partial charge in [0.15, 0.2) is 0 Å². The first-order chi connectivity index (χ1) is 28.7. The van der Waals surface area contributed by atoms with E-state index in [0.29, 0.717) is 11.3 Å². The molecule has 5 aromatic carbocycles. The standard InChI is InChI=1S/C48H56F2N4O6Si/c1-46(2,3)59-45(58)53-36-28-18-20-30-39(36)54(44(57)48(49,50)42(35-26-16-11-17-27-35)51-38(32-55)33-22-12-9-13-23-33)41(34-24-14-10-15-25-34)43(56)52-37-29-19-21-31-40(37)60-61(7,8)47(4,5)6/h9-31,38,41-42,51,55H,32H2,1-8H3,(H,52,56)(H,53,58)/t38-,41?,42-/m0/s1. The van der Waals surface area contributed by atoms with E-state index in [4.69, 9.17) is 9.16 Å². The van der Waals surface area contributed by atoms with Crippen molar-refractivity contribution in [1.82, 2.24) is 5.32 Å². The van der Waals surface area contributed by atoms with Gasteiger partial charge in [-0.1, -0.05) is 136 Å². The summed E-state index contributed by atoms with van der Waals surface area (Å²) in [5.74, 6) is -6.55. The molecule has 3 atom stereocenters. The predicted molar refractivity (Wildman–Crippen MR) is 239 cm³/mol. The Balaban J connectivity index is 1.72. The third-order valence-electron chi connectivity index (χ3n) is 10.5. The molecule has 13 heteroatoms. The summed E-state index contributed by atoms with van der Waals surface area (Å²) in [6.45, 7) is 14.8. The monoisotopic (exact) mass is 850 g/mol. The van der Waals surface area contributed by atoms with E-state index in [0.717, 1.165) is 4.90 Å². The van der Waals surface area contributed by atoms with Crippen molar-refractivity contribution in [2.24, 2.45) is 0 Å². The van der Waals surface area contributed by atoms with Crippen LogP contribution in [-0.2, 0) is 14.3 Å². The van der Waals surface area contributed by atoms with E-state index < -0.39 is 62.5 Å². The number of alkyl halides is 2. The molecule has 61 heavy (non-hydrogen) atoms. The van der Waals surface area contributed by atoms with Gasteiger partial charge in [-0.15, -0.1) is 0 Å². The molecule has 1 unspecified atom stereocenters. The lowest BCUT2D eigenvalue weighted by molar-refractivity contribution is -0.149. The number of anilines is 3. The summed E-state index contributed by atoms with van der Waals surface area (Å²) in [5, 5.41) is 18.8. The third kappa shape index (κ3) is 11.5. The van der Waals surface area contributed by atoms with Crippen molar-refractivity contribution in [3.63, 3.8) is 0 Å². The van der Waals surface area contributed by atoms with Crippen LogP contribution in [-0.4, -0.2) is 49.5 Å². The van der Waals surface area contributed by atoms with Crippen molar-refractivity contribution in [2.75, 3.05) is 22.1 Å². The van der Waals surface area contributed by atoms with Crippen molar-refractivity contribution >= 4 is 43.3 Å². The number of hydrogen-bond acceptors (Lipinski definition) is 7. The molecule has 0 spiro atoms. The van der Waals surface area contributed by atoms with Gasteiger partial charge in [-0.2, -0.15) is 8.78 Å². The summed E-state index contributed by atoms with van der Waals surface area (Å²) in [6, 6.07) is 32.3. The molecule has 10 nitrogen and oxygen atoms in total. The van der Waals surface area contributed by atoms with Gasteiger partial charge in [-0.3, -0.25) is 25.1 Å². The largest absolute Gasteiger partial charge is 0.542 e. The summed E-state index contributed by atoms with van der Waals surface area (Å²) >= 11 is 0. The van der Waals surface area contributed by atoms with Gasteiger partial charge in [-0.05, 0) is 79.9 Å². The lowest BCUT2D eigenvalue weighted by atomic mass is 9.94. The Labute approximate surface area is 358 Å². The van der Waals surface area contributed by atoms with E-state index in [1.165, 1.54) is 30.3 Å². The topological polar surface area (TPSA) is 129 Å². The van der Waals surface area contributed by atoms with Crippen LogP contribution in [0, 0.1) is 0 Å². The summed E-state index contributed by atoms with van der Waals surface area (Å²) in [6.07, 6.45) is -0.908. The summed E-state index contributed by atoms with van der Waals surface area (Å²) in [4.78, 5) is 44.4. The molecule has 0 saturated carbocycles. The molecule has 0 bridgehead atoms. The predicted octanol–water partition coefficient (Wildman–Crippen LogP) is 10.8.